The van der Waals surface area contributed by atoms with Crippen molar-refractivity contribution in [1.29, 1.82) is 0 Å². The summed E-state index contributed by atoms with van der Waals surface area (Å²) < 4.78 is 1.92. The first kappa shape index (κ1) is 15.5. The van der Waals surface area contributed by atoms with Crippen LogP contribution in [0.5, 0.6) is 0 Å². The minimum absolute atomic E-state index is 0.115. The molecule has 2 atom stereocenters. The lowest BCUT2D eigenvalue weighted by Gasteiger charge is -2.31. The minimum atomic E-state index is 0.115. The molecular formula is C19H26N4O. The van der Waals surface area contributed by atoms with E-state index in [1.807, 2.05) is 23.9 Å². The van der Waals surface area contributed by atoms with E-state index in [2.05, 4.69) is 27.4 Å². The fourth-order valence-electron chi connectivity index (χ4n) is 4.52. The molecule has 0 unspecified atom stereocenters. The average Bonchev–Trinajstić information content (AvgIpc) is 3.17. The molecule has 0 radical (unpaired) electrons. The van der Waals surface area contributed by atoms with Crippen molar-refractivity contribution in [3.63, 3.8) is 0 Å². The van der Waals surface area contributed by atoms with Gasteiger partial charge in [0.15, 0.2) is 0 Å². The van der Waals surface area contributed by atoms with E-state index >= 15 is 0 Å². The van der Waals surface area contributed by atoms with Crippen LogP contribution in [0.3, 0.4) is 0 Å². The van der Waals surface area contributed by atoms with E-state index in [1.54, 1.807) is 0 Å². The Morgan fingerprint density at radius 3 is 3.00 bits per heavy atom. The number of hydrogen-bond acceptors (Lipinski definition) is 2. The van der Waals surface area contributed by atoms with E-state index in [9.17, 15) is 4.79 Å². The van der Waals surface area contributed by atoms with E-state index in [-0.39, 0.29) is 6.03 Å². The summed E-state index contributed by atoms with van der Waals surface area (Å²) >= 11 is 0. The Hall–Kier alpha value is -2.04. The molecule has 2 amide bonds. The van der Waals surface area contributed by atoms with Gasteiger partial charge in [-0.1, -0.05) is 31.0 Å². The number of benzene rings is 1. The fourth-order valence-corrected chi connectivity index (χ4v) is 4.52. The zero-order valence-electron chi connectivity index (χ0n) is 14.4. The second-order valence-corrected chi connectivity index (χ2v) is 7.16. The molecule has 1 aromatic carbocycles. The van der Waals surface area contributed by atoms with E-state index in [0.717, 1.165) is 30.1 Å². The molecule has 2 aromatic rings. The van der Waals surface area contributed by atoms with Gasteiger partial charge in [-0.2, -0.15) is 5.10 Å². The van der Waals surface area contributed by atoms with Gasteiger partial charge >= 0.3 is 6.03 Å². The zero-order valence-corrected chi connectivity index (χ0v) is 14.4. The summed E-state index contributed by atoms with van der Waals surface area (Å²) in [5.41, 5.74) is 2.20. The number of para-hydroxylation sites is 1. The SMILES string of the molecule is Cn1nc(CCNC(=O)N2CC[C@H]3CCCC[C@H]32)c2ccccc21. The summed E-state index contributed by atoms with van der Waals surface area (Å²) in [6.07, 6.45) is 7.05. The average molecular weight is 326 g/mol. The van der Waals surface area contributed by atoms with Gasteiger partial charge in [0.05, 0.1) is 11.2 Å². The molecule has 2 fully saturated rings. The molecule has 1 aromatic heterocycles. The number of carbonyl (C=O) groups excluding carboxylic acids is 1. The number of likely N-dealkylation sites (tertiary alicyclic amines) is 1. The molecule has 1 aliphatic heterocycles. The maximum absolute atomic E-state index is 12.5. The summed E-state index contributed by atoms with van der Waals surface area (Å²) in [5.74, 6) is 0.740. The first-order valence-corrected chi connectivity index (χ1v) is 9.19. The predicted octanol–water partition coefficient (Wildman–Crippen LogP) is 3.09. The topological polar surface area (TPSA) is 50.2 Å². The number of urea groups is 1. The Morgan fingerprint density at radius 1 is 1.25 bits per heavy atom. The van der Waals surface area contributed by atoms with Crippen molar-refractivity contribution in [1.82, 2.24) is 20.0 Å². The van der Waals surface area contributed by atoms with Crippen LogP contribution in [0.25, 0.3) is 10.9 Å². The van der Waals surface area contributed by atoms with Crippen LogP contribution in [0.15, 0.2) is 24.3 Å². The zero-order chi connectivity index (χ0) is 16.5. The third-order valence-electron chi connectivity index (χ3n) is 5.74. The lowest BCUT2D eigenvalue weighted by Crippen LogP contribution is -2.45. The van der Waals surface area contributed by atoms with Gasteiger partial charge in [0.2, 0.25) is 0 Å². The highest BCUT2D eigenvalue weighted by atomic mass is 16.2. The monoisotopic (exact) mass is 326 g/mol. The summed E-state index contributed by atoms with van der Waals surface area (Å²) in [7, 11) is 1.97. The van der Waals surface area contributed by atoms with Crippen LogP contribution in [0.2, 0.25) is 0 Å². The lowest BCUT2D eigenvalue weighted by molar-refractivity contribution is 0.170. The quantitative estimate of drug-likeness (QED) is 0.942. The summed E-state index contributed by atoms with van der Waals surface area (Å²) in [6, 6.07) is 8.85. The predicted molar refractivity (Wildman–Crippen MR) is 94.9 cm³/mol. The number of nitrogens with zero attached hydrogens (tertiary/aromatic N) is 3. The molecule has 128 valence electrons. The fraction of sp³-hybridized carbons (Fsp3) is 0.579. The molecule has 0 bridgehead atoms. The van der Waals surface area contributed by atoms with Gasteiger partial charge < -0.3 is 10.2 Å². The normalized spacial score (nSPS) is 23.5. The van der Waals surface area contributed by atoms with Crippen molar-refractivity contribution >= 4 is 16.9 Å². The number of carbonyl (C=O) groups is 1. The Morgan fingerprint density at radius 2 is 2.08 bits per heavy atom. The molecule has 0 spiro atoms. The van der Waals surface area contributed by atoms with Crippen LogP contribution in [-0.4, -0.2) is 39.8 Å². The molecule has 2 heterocycles. The molecule has 1 saturated carbocycles. The van der Waals surface area contributed by atoms with Gasteiger partial charge in [0, 0.05) is 38.0 Å². The van der Waals surface area contributed by atoms with Gasteiger partial charge in [-0.15, -0.1) is 0 Å². The Balaban J connectivity index is 1.36. The van der Waals surface area contributed by atoms with Crippen LogP contribution in [0.4, 0.5) is 4.79 Å². The number of aromatic nitrogens is 2. The van der Waals surface area contributed by atoms with E-state index < -0.39 is 0 Å². The molecule has 1 N–H and O–H groups in total. The Kier molecular flexibility index (Phi) is 4.17. The van der Waals surface area contributed by atoms with Crippen LogP contribution < -0.4 is 5.32 Å². The molecule has 2 aliphatic rings. The molecular weight excluding hydrogens is 300 g/mol. The smallest absolute Gasteiger partial charge is 0.317 e. The highest BCUT2D eigenvalue weighted by molar-refractivity contribution is 5.82. The van der Waals surface area contributed by atoms with Gasteiger partial charge in [-0.05, 0) is 31.2 Å². The first-order valence-electron chi connectivity index (χ1n) is 9.19. The summed E-state index contributed by atoms with van der Waals surface area (Å²) in [6.45, 7) is 1.57. The second kappa shape index (κ2) is 6.46. The summed E-state index contributed by atoms with van der Waals surface area (Å²) in [4.78, 5) is 14.6. The molecule has 1 aliphatic carbocycles. The standard InChI is InChI=1S/C19H26N4O/c1-22-18-9-5-3-7-15(18)16(21-22)10-12-20-19(24)23-13-11-14-6-2-4-8-17(14)23/h3,5,7,9,14,17H,2,4,6,8,10-13H2,1H3,(H,20,24)/t14-,17-/m1/s1. The Bertz CT molecular complexity index is 738. The Labute approximate surface area is 143 Å². The van der Waals surface area contributed by atoms with E-state index in [0.29, 0.717) is 12.6 Å². The molecule has 5 heteroatoms. The van der Waals surface area contributed by atoms with Crippen LogP contribution >= 0.6 is 0 Å². The molecule has 24 heavy (non-hydrogen) atoms. The van der Waals surface area contributed by atoms with Crippen LogP contribution in [-0.2, 0) is 13.5 Å². The van der Waals surface area contributed by atoms with Gasteiger partial charge in [-0.25, -0.2) is 4.79 Å². The van der Waals surface area contributed by atoms with Crippen molar-refractivity contribution in [3.8, 4) is 0 Å². The van der Waals surface area contributed by atoms with Crippen molar-refractivity contribution in [2.45, 2.75) is 44.6 Å². The number of amides is 2. The maximum Gasteiger partial charge on any atom is 0.317 e. The molecule has 4 rings (SSSR count). The van der Waals surface area contributed by atoms with Crippen molar-refractivity contribution < 1.29 is 4.79 Å². The third kappa shape index (κ3) is 2.76. The summed E-state index contributed by atoms with van der Waals surface area (Å²) in [5, 5.41) is 8.90. The van der Waals surface area contributed by atoms with Gasteiger partial charge in [0.25, 0.3) is 0 Å². The third-order valence-corrected chi connectivity index (χ3v) is 5.74. The molecule has 1 saturated heterocycles. The highest BCUT2D eigenvalue weighted by Gasteiger charge is 2.37. The van der Waals surface area contributed by atoms with Crippen LogP contribution in [0, 0.1) is 5.92 Å². The minimum Gasteiger partial charge on any atom is -0.338 e. The van der Waals surface area contributed by atoms with Gasteiger partial charge in [0.1, 0.15) is 0 Å². The highest BCUT2D eigenvalue weighted by Crippen LogP contribution is 2.35. The first-order chi connectivity index (χ1) is 11.7. The number of fused-ring (bicyclic) bond motifs is 2. The van der Waals surface area contributed by atoms with Crippen molar-refractivity contribution in [2.75, 3.05) is 13.1 Å². The largest absolute Gasteiger partial charge is 0.338 e. The number of hydrogen-bond donors (Lipinski definition) is 1. The lowest BCUT2D eigenvalue weighted by atomic mass is 9.85. The van der Waals surface area contributed by atoms with E-state index in [4.69, 9.17) is 0 Å². The second-order valence-electron chi connectivity index (χ2n) is 7.16. The van der Waals surface area contributed by atoms with Crippen molar-refractivity contribution in [3.05, 3.63) is 30.0 Å². The van der Waals surface area contributed by atoms with Crippen molar-refractivity contribution in [2.24, 2.45) is 13.0 Å². The van der Waals surface area contributed by atoms with Gasteiger partial charge in [-0.3, -0.25) is 4.68 Å². The van der Waals surface area contributed by atoms with E-state index in [1.165, 1.54) is 37.5 Å². The number of rotatable bonds is 3. The number of nitrogens with one attached hydrogen (secondary N) is 1. The maximum atomic E-state index is 12.5. The molecule has 5 nitrogen and oxygen atoms in total. The van der Waals surface area contributed by atoms with Crippen LogP contribution in [0.1, 0.15) is 37.8 Å². The number of aryl methyl sites for hydroxylation is 1.